The monoisotopic (exact) mass is 398 g/mol. The summed E-state index contributed by atoms with van der Waals surface area (Å²) >= 11 is 0. The fourth-order valence-electron chi connectivity index (χ4n) is 3.77. The highest BCUT2D eigenvalue weighted by atomic mass is 16.6. The van der Waals surface area contributed by atoms with Crippen molar-refractivity contribution in [3.8, 4) is 23.5 Å². The molecule has 0 unspecified atom stereocenters. The molecule has 1 aromatic heterocycles. The molecule has 0 bridgehead atoms. The molecule has 1 amide bonds. The summed E-state index contributed by atoms with van der Waals surface area (Å²) in [5, 5.41) is 9.42. The van der Waals surface area contributed by atoms with E-state index in [1.165, 1.54) is 18.3 Å². The summed E-state index contributed by atoms with van der Waals surface area (Å²) in [7, 11) is 0. The van der Waals surface area contributed by atoms with E-state index in [0.717, 1.165) is 27.2 Å². The van der Waals surface area contributed by atoms with E-state index in [0.29, 0.717) is 0 Å². The predicted octanol–water partition coefficient (Wildman–Crippen LogP) is 4.17. The first kappa shape index (κ1) is 19.2. The van der Waals surface area contributed by atoms with Crippen molar-refractivity contribution in [3.63, 3.8) is 0 Å². The lowest BCUT2D eigenvalue weighted by Crippen LogP contribution is -2.34. The van der Waals surface area contributed by atoms with Crippen molar-refractivity contribution in [2.45, 2.75) is 5.92 Å². The van der Waals surface area contributed by atoms with Crippen LogP contribution in [-0.4, -0.2) is 35.3 Å². The standard InChI is InChI=1S/C24H18N2O4/c1-2-14-26(22-20(23(27)28)12-7-13-25-22)24(29)30-15-21-18-10-5-3-8-16(18)17-9-4-6-11-19(17)21/h1,3-13,21H,14-15H2,(H,27,28). The molecule has 0 saturated carbocycles. The number of fused-ring (bicyclic) bond motifs is 3. The number of ether oxygens (including phenoxy) is 1. The molecule has 0 saturated heterocycles. The third-order valence-electron chi connectivity index (χ3n) is 5.08. The fraction of sp³-hybridized carbons (Fsp3) is 0.125. The molecule has 1 heterocycles. The maximum absolute atomic E-state index is 12.9. The number of hydrogen-bond acceptors (Lipinski definition) is 4. The van der Waals surface area contributed by atoms with Crippen LogP contribution in [0.3, 0.4) is 0 Å². The van der Waals surface area contributed by atoms with Crippen molar-refractivity contribution in [2.24, 2.45) is 0 Å². The highest BCUT2D eigenvalue weighted by Crippen LogP contribution is 2.44. The van der Waals surface area contributed by atoms with Gasteiger partial charge in [-0.3, -0.25) is 0 Å². The van der Waals surface area contributed by atoms with Gasteiger partial charge in [0.15, 0.2) is 5.82 Å². The molecule has 30 heavy (non-hydrogen) atoms. The van der Waals surface area contributed by atoms with E-state index in [9.17, 15) is 14.7 Å². The van der Waals surface area contributed by atoms with Crippen LogP contribution in [0.1, 0.15) is 27.4 Å². The summed E-state index contributed by atoms with van der Waals surface area (Å²) in [5.74, 6) is 1.01. The third kappa shape index (κ3) is 3.38. The lowest BCUT2D eigenvalue weighted by molar-refractivity contribution is 0.0697. The van der Waals surface area contributed by atoms with Crippen molar-refractivity contribution < 1.29 is 19.4 Å². The zero-order chi connectivity index (χ0) is 21.1. The highest BCUT2D eigenvalue weighted by Gasteiger charge is 2.30. The molecule has 1 aliphatic rings. The van der Waals surface area contributed by atoms with Gasteiger partial charge in [0.25, 0.3) is 0 Å². The van der Waals surface area contributed by atoms with E-state index < -0.39 is 12.1 Å². The Labute approximate surface area is 173 Å². The van der Waals surface area contributed by atoms with Gasteiger partial charge in [0.2, 0.25) is 0 Å². The molecule has 1 N–H and O–H groups in total. The van der Waals surface area contributed by atoms with E-state index in [1.807, 2.05) is 48.5 Å². The number of terminal acetylenes is 1. The second-order valence-corrected chi connectivity index (χ2v) is 6.77. The van der Waals surface area contributed by atoms with Crippen LogP contribution in [0.4, 0.5) is 10.6 Å². The number of amides is 1. The summed E-state index contributed by atoms with van der Waals surface area (Å²) in [4.78, 5) is 29.5. The molecular weight excluding hydrogens is 380 g/mol. The second kappa shape index (κ2) is 8.10. The molecule has 148 valence electrons. The normalized spacial score (nSPS) is 11.8. The topological polar surface area (TPSA) is 79.7 Å². The Kier molecular flexibility index (Phi) is 5.19. The SMILES string of the molecule is C#CCN(C(=O)OCC1c2ccccc2-c2ccccc21)c1ncccc1C(=O)O. The van der Waals surface area contributed by atoms with E-state index in [-0.39, 0.29) is 30.5 Å². The van der Waals surface area contributed by atoms with Gasteiger partial charge in [-0.25, -0.2) is 19.5 Å². The van der Waals surface area contributed by atoms with Gasteiger partial charge >= 0.3 is 12.1 Å². The van der Waals surface area contributed by atoms with Crippen LogP contribution in [0.25, 0.3) is 11.1 Å². The van der Waals surface area contributed by atoms with Crippen LogP contribution in [0, 0.1) is 12.3 Å². The van der Waals surface area contributed by atoms with Crippen molar-refractivity contribution >= 4 is 17.9 Å². The number of carbonyl (C=O) groups excluding carboxylic acids is 1. The molecule has 0 fully saturated rings. The Bertz CT molecular complexity index is 1120. The molecule has 3 aromatic rings. The van der Waals surface area contributed by atoms with Crippen LogP contribution in [-0.2, 0) is 4.74 Å². The Morgan fingerprint density at radius 1 is 1.03 bits per heavy atom. The molecule has 0 atom stereocenters. The number of carbonyl (C=O) groups is 2. The number of aromatic nitrogens is 1. The smallest absolute Gasteiger partial charge is 0.416 e. The van der Waals surface area contributed by atoms with Gasteiger partial charge in [0, 0.05) is 12.1 Å². The summed E-state index contributed by atoms with van der Waals surface area (Å²) in [6.07, 6.45) is 6.07. The lowest BCUT2D eigenvalue weighted by Gasteiger charge is -2.22. The van der Waals surface area contributed by atoms with Gasteiger partial charge in [-0.2, -0.15) is 0 Å². The number of pyridine rings is 1. The van der Waals surface area contributed by atoms with E-state index in [1.54, 1.807) is 0 Å². The Balaban J connectivity index is 1.60. The van der Waals surface area contributed by atoms with Crippen molar-refractivity contribution in [1.82, 2.24) is 4.98 Å². The number of anilines is 1. The van der Waals surface area contributed by atoms with E-state index in [2.05, 4.69) is 10.9 Å². The molecule has 0 aliphatic heterocycles. The average molecular weight is 398 g/mol. The van der Waals surface area contributed by atoms with Crippen LogP contribution in [0.2, 0.25) is 0 Å². The molecule has 2 aromatic carbocycles. The van der Waals surface area contributed by atoms with Gasteiger partial charge in [0.05, 0.1) is 6.54 Å². The van der Waals surface area contributed by atoms with Gasteiger partial charge in [-0.05, 0) is 34.4 Å². The predicted molar refractivity (Wildman–Crippen MR) is 112 cm³/mol. The fourth-order valence-corrected chi connectivity index (χ4v) is 3.77. The maximum atomic E-state index is 12.9. The highest BCUT2D eigenvalue weighted by molar-refractivity contribution is 5.98. The Morgan fingerprint density at radius 2 is 1.67 bits per heavy atom. The molecule has 4 rings (SSSR count). The van der Waals surface area contributed by atoms with Gasteiger partial charge in [-0.15, -0.1) is 6.42 Å². The Hall–Kier alpha value is -4.11. The third-order valence-corrected chi connectivity index (χ3v) is 5.08. The van der Waals surface area contributed by atoms with Crippen LogP contribution < -0.4 is 4.90 Å². The zero-order valence-electron chi connectivity index (χ0n) is 16.0. The summed E-state index contributed by atoms with van der Waals surface area (Å²) in [6, 6.07) is 18.9. The second-order valence-electron chi connectivity index (χ2n) is 6.77. The molecule has 6 heteroatoms. The Morgan fingerprint density at radius 3 is 2.27 bits per heavy atom. The zero-order valence-corrected chi connectivity index (χ0v) is 16.0. The van der Waals surface area contributed by atoms with Crippen molar-refractivity contribution in [1.29, 1.82) is 0 Å². The first-order valence-electron chi connectivity index (χ1n) is 9.36. The summed E-state index contributed by atoms with van der Waals surface area (Å²) < 4.78 is 5.60. The average Bonchev–Trinajstić information content (AvgIpc) is 3.09. The summed E-state index contributed by atoms with van der Waals surface area (Å²) in [5.41, 5.74) is 4.28. The van der Waals surface area contributed by atoms with Gasteiger partial charge in [-0.1, -0.05) is 54.5 Å². The number of aromatic carboxylic acids is 1. The number of carboxylic acids is 1. The van der Waals surface area contributed by atoms with Crippen LogP contribution >= 0.6 is 0 Å². The molecular formula is C24H18N2O4. The van der Waals surface area contributed by atoms with Crippen LogP contribution in [0.15, 0.2) is 66.9 Å². The molecule has 0 spiro atoms. The number of hydrogen-bond donors (Lipinski definition) is 1. The maximum Gasteiger partial charge on any atom is 0.416 e. The van der Waals surface area contributed by atoms with Crippen molar-refractivity contribution in [3.05, 3.63) is 83.6 Å². The minimum atomic E-state index is -1.20. The van der Waals surface area contributed by atoms with E-state index >= 15 is 0 Å². The number of nitrogens with zero attached hydrogens (tertiary/aromatic N) is 2. The number of carboxylic acid groups (broad SMARTS) is 1. The first-order chi connectivity index (χ1) is 14.6. The minimum Gasteiger partial charge on any atom is -0.478 e. The molecule has 0 radical (unpaired) electrons. The van der Waals surface area contributed by atoms with E-state index in [4.69, 9.17) is 11.2 Å². The molecule has 6 nitrogen and oxygen atoms in total. The van der Waals surface area contributed by atoms with Crippen molar-refractivity contribution in [2.75, 3.05) is 18.1 Å². The molecule has 1 aliphatic carbocycles. The first-order valence-corrected chi connectivity index (χ1v) is 9.36. The summed E-state index contributed by atoms with van der Waals surface area (Å²) in [6.45, 7) is -0.0584. The van der Waals surface area contributed by atoms with Crippen LogP contribution in [0.5, 0.6) is 0 Å². The largest absolute Gasteiger partial charge is 0.478 e. The quantitative estimate of drug-likeness (QED) is 0.653. The minimum absolute atomic E-state index is 0.0415. The van der Waals surface area contributed by atoms with Gasteiger partial charge in [0.1, 0.15) is 12.2 Å². The number of benzene rings is 2. The van der Waals surface area contributed by atoms with Gasteiger partial charge < -0.3 is 9.84 Å². The number of rotatable bonds is 5. The lowest BCUT2D eigenvalue weighted by atomic mass is 9.98.